The molecule has 1 unspecified atom stereocenters. The first kappa shape index (κ1) is 13.4. The van der Waals surface area contributed by atoms with Crippen LogP contribution in [-0.4, -0.2) is 19.0 Å². The molecule has 5 nitrogen and oxygen atoms in total. The van der Waals surface area contributed by atoms with Crippen molar-refractivity contribution >= 4 is 17.6 Å². The maximum atomic E-state index is 12.3. The Kier molecular flexibility index (Phi) is 3.05. The van der Waals surface area contributed by atoms with Crippen molar-refractivity contribution in [3.63, 3.8) is 0 Å². The van der Waals surface area contributed by atoms with Gasteiger partial charge in [0.15, 0.2) is 0 Å². The highest BCUT2D eigenvalue weighted by atomic mass is 16.5. The van der Waals surface area contributed by atoms with Crippen LogP contribution >= 0.6 is 0 Å². The molecule has 108 valence electrons. The second-order valence-electron chi connectivity index (χ2n) is 5.01. The summed E-state index contributed by atoms with van der Waals surface area (Å²) < 4.78 is 10.4. The third kappa shape index (κ3) is 1.93. The van der Waals surface area contributed by atoms with Crippen molar-refractivity contribution in [3.8, 4) is 0 Å². The van der Waals surface area contributed by atoms with Crippen molar-refractivity contribution in [1.29, 1.82) is 0 Å². The fourth-order valence-corrected chi connectivity index (χ4v) is 2.92. The SMILES string of the molecule is COC(=O)C1=C(C)OC(C)=C2C(=O)Nc3ccccc3C21. The molecule has 1 atom stereocenters. The van der Waals surface area contributed by atoms with Gasteiger partial charge >= 0.3 is 5.97 Å². The lowest BCUT2D eigenvalue weighted by Crippen LogP contribution is -2.33. The number of benzene rings is 1. The molecule has 0 radical (unpaired) electrons. The number of methoxy groups -OCH3 is 1. The first-order valence-electron chi connectivity index (χ1n) is 6.62. The van der Waals surface area contributed by atoms with Crippen molar-refractivity contribution < 1.29 is 19.1 Å². The average Bonchev–Trinajstić information content (AvgIpc) is 2.46. The van der Waals surface area contributed by atoms with Gasteiger partial charge in [0.1, 0.15) is 11.5 Å². The molecule has 2 aliphatic heterocycles. The molecule has 5 heteroatoms. The van der Waals surface area contributed by atoms with Crippen LogP contribution in [0, 0.1) is 0 Å². The van der Waals surface area contributed by atoms with Gasteiger partial charge in [-0.05, 0) is 25.5 Å². The number of rotatable bonds is 1. The summed E-state index contributed by atoms with van der Waals surface area (Å²) in [6.45, 7) is 3.44. The van der Waals surface area contributed by atoms with E-state index in [9.17, 15) is 9.59 Å². The molecule has 1 aromatic carbocycles. The number of para-hydroxylation sites is 1. The summed E-state index contributed by atoms with van der Waals surface area (Å²) in [7, 11) is 1.32. The van der Waals surface area contributed by atoms with Gasteiger partial charge in [0.2, 0.25) is 0 Å². The van der Waals surface area contributed by atoms with Gasteiger partial charge in [0.25, 0.3) is 5.91 Å². The van der Waals surface area contributed by atoms with Crippen LogP contribution in [0.2, 0.25) is 0 Å². The molecule has 1 amide bonds. The van der Waals surface area contributed by atoms with Gasteiger partial charge in [-0.3, -0.25) is 4.79 Å². The van der Waals surface area contributed by atoms with E-state index in [-0.39, 0.29) is 5.91 Å². The number of hydrogen-bond acceptors (Lipinski definition) is 4. The van der Waals surface area contributed by atoms with Crippen LogP contribution in [0.1, 0.15) is 25.3 Å². The Morgan fingerprint density at radius 2 is 1.95 bits per heavy atom. The van der Waals surface area contributed by atoms with Crippen LogP contribution in [-0.2, 0) is 19.1 Å². The molecule has 1 N–H and O–H groups in total. The lowest BCUT2D eigenvalue weighted by Gasteiger charge is -2.33. The van der Waals surface area contributed by atoms with E-state index in [0.29, 0.717) is 28.4 Å². The zero-order chi connectivity index (χ0) is 15.1. The Morgan fingerprint density at radius 3 is 2.67 bits per heavy atom. The van der Waals surface area contributed by atoms with E-state index < -0.39 is 11.9 Å². The summed E-state index contributed by atoms with van der Waals surface area (Å²) in [6.07, 6.45) is 0. The number of esters is 1. The van der Waals surface area contributed by atoms with Gasteiger partial charge < -0.3 is 14.8 Å². The van der Waals surface area contributed by atoms with Crippen LogP contribution in [0.4, 0.5) is 5.69 Å². The summed E-state index contributed by atoms with van der Waals surface area (Å²) in [5, 5.41) is 2.83. The number of hydrogen-bond donors (Lipinski definition) is 1. The second-order valence-corrected chi connectivity index (χ2v) is 5.01. The van der Waals surface area contributed by atoms with Gasteiger partial charge in [-0.25, -0.2) is 4.79 Å². The Hall–Kier alpha value is -2.56. The molecule has 1 aromatic rings. The number of carbonyl (C=O) groups excluding carboxylic acids is 2. The summed E-state index contributed by atoms with van der Waals surface area (Å²) in [5.41, 5.74) is 2.41. The van der Waals surface area contributed by atoms with Gasteiger partial charge in [-0.15, -0.1) is 0 Å². The molecule has 0 aromatic heterocycles. The Balaban J connectivity index is 2.26. The standard InChI is InChI=1S/C16H15NO4/c1-8-12-14(13(9(2)21-8)16(19)20-3)10-6-4-5-7-11(10)17-15(12)18/h4-7,14H,1-3H3,(H,17,18). The van der Waals surface area contributed by atoms with Crippen LogP contribution < -0.4 is 5.32 Å². The van der Waals surface area contributed by atoms with E-state index in [0.717, 1.165) is 5.56 Å². The second kappa shape index (κ2) is 4.77. The quantitative estimate of drug-likeness (QED) is 0.805. The predicted molar refractivity (Wildman–Crippen MR) is 76.3 cm³/mol. The van der Waals surface area contributed by atoms with Gasteiger partial charge in [0, 0.05) is 5.69 Å². The molecule has 2 aliphatic rings. The number of amides is 1. The highest BCUT2D eigenvalue weighted by Crippen LogP contribution is 2.46. The third-order valence-corrected chi connectivity index (χ3v) is 3.81. The Labute approximate surface area is 122 Å². The topological polar surface area (TPSA) is 64.6 Å². The first-order chi connectivity index (χ1) is 10.0. The average molecular weight is 285 g/mol. The minimum absolute atomic E-state index is 0.245. The van der Waals surface area contributed by atoms with Crippen molar-refractivity contribution in [2.24, 2.45) is 0 Å². The van der Waals surface area contributed by atoms with Crippen LogP contribution in [0.5, 0.6) is 0 Å². The summed E-state index contributed by atoms with van der Waals surface area (Å²) in [6, 6.07) is 7.44. The highest BCUT2D eigenvalue weighted by molar-refractivity contribution is 6.11. The summed E-state index contributed by atoms with van der Waals surface area (Å²) in [5.74, 6) is -0.192. The van der Waals surface area contributed by atoms with Gasteiger partial charge in [0.05, 0.1) is 24.2 Å². The molecule has 0 aliphatic carbocycles. The number of allylic oxidation sites excluding steroid dienone is 2. The molecule has 0 saturated heterocycles. The molecule has 0 fully saturated rings. The van der Waals surface area contributed by atoms with Crippen LogP contribution in [0.25, 0.3) is 0 Å². The van der Waals surface area contributed by atoms with Crippen LogP contribution in [0.3, 0.4) is 0 Å². The highest BCUT2D eigenvalue weighted by Gasteiger charge is 2.41. The minimum atomic E-state index is -0.480. The Bertz CT molecular complexity index is 715. The fraction of sp³-hybridized carbons (Fsp3) is 0.250. The number of carbonyl (C=O) groups is 2. The third-order valence-electron chi connectivity index (χ3n) is 3.81. The zero-order valence-corrected chi connectivity index (χ0v) is 12.0. The summed E-state index contributed by atoms with van der Waals surface area (Å²) in [4.78, 5) is 24.5. The molecule has 0 spiro atoms. The van der Waals surface area contributed by atoms with E-state index in [4.69, 9.17) is 9.47 Å². The number of fused-ring (bicyclic) bond motifs is 3. The van der Waals surface area contributed by atoms with Crippen molar-refractivity contribution in [1.82, 2.24) is 0 Å². The number of ether oxygens (including phenoxy) is 2. The molecule has 21 heavy (non-hydrogen) atoms. The largest absolute Gasteiger partial charge is 0.466 e. The fourth-order valence-electron chi connectivity index (χ4n) is 2.92. The van der Waals surface area contributed by atoms with E-state index in [1.807, 2.05) is 24.3 Å². The number of nitrogens with one attached hydrogen (secondary N) is 1. The molecular weight excluding hydrogens is 270 g/mol. The van der Waals surface area contributed by atoms with Crippen molar-refractivity contribution in [2.45, 2.75) is 19.8 Å². The Morgan fingerprint density at radius 1 is 1.24 bits per heavy atom. The zero-order valence-electron chi connectivity index (χ0n) is 12.0. The van der Waals surface area contributed by atoms with E-state index >= 15 is 0 Å². The lowest BCUT2D eigenvalue weighted by molar-refractivity contribution is -0.136. The van der Waals surface area contributed by atoms with Crippen molar-refractivity contribution in [3.05, 3.63) is 52.5 Å². The molecule has 0 bridgehead atoms. The summed E-state index contributed by atoms with van der Waals surface area (Å²) >= 11 is 0. The maximum Gasteiger partial charge on any atom is 0.338 e. The van der Waals surface area contributed by atoms with Gasteiger partial charge in [-0.1, -0.05) is 18.2 Å². The lowest BCUT2D eigenvalue weighted by atomic mass is 9.78. The predicted octanol–water partition coefficient (Wildman–Crippen LogP) is 2.47. The molecule has 2 heterocycles. The van der Waals surface area contributed by atoms with Gasteiger partial charge in [-0.2, -0.15) is 0 Å². The van der Waals surface area contributed by atoms with E-state index in [1.165, 1.54) is 7.11 Å². The monoisotopic (exact) mass is 285 g/mol. The smallest absolute Gasteiger partial charge is 0.338 e. The number of anilines is 1. The van der Waals surface area contributed by atoms with E-state index in [1.54, 1.807) is 13.8 Å². The van der Waals surface area contributed by atoms with Crippen molar-refractivity contribution in [2.75, 3.05) is 12.4 Å². The molecular formula is C16H15NO4. The molecule has 3 rings (SSSR count). The first-order valence-corrected chi connectivity index (χ1v) is 6.62. The normalized spacial score (nSPS) is 20.3. The molecule has 0 saturated carbocycles. The van der Waals surface area contributed by atoms with Crippen LogP contribution in [0.15, 0.2) is 46.9 Å². The maximum absolute atomic E-state index is 12.3. The van der Waals surface area contributed by atoms with E-state index in [2.05, 4.69) is 5.32 Å². The minimum Gasteiger partial charge on any atom is -0.466 e.